The second-order valence-corrected chi connectivity index (χ2v) is 7.27. The smallest absolute Gasteiger partial charge is 0.356 e. The van der Waals surface area contributed by atoms with Crippen molar-refractivity contribution < 1.29 is 27.6 Å². The van der Waals surface area contributed by atoms with E-state index in [1.807, 2.05) is 13.8 Å². The summed E-state index contributed by atoms with van der Waals surface area (Å²) in [4.78, 5) is 35.5. The van der Waals surface area contributed by atoms with Crippen molar-refractivity contribution in [3.63, 3.8) is 0 Å². The van der Waals surface area contributed by atoms with E-state index in [4.69, 9.17) is 0 Å². The van der Waals surface area contributed by atoms with E-state index in [9.17, 15) is 27.6 Å². The molecule has 0 aliphatic carbocycles. The summed E-state index contributed by atoms with van der Waals surface area (Å²) in [5.74, 6) is -0.918. The predicted octanol–water partition coefficient (Wildman–Crippen LogP) is 3.16. The van der Waals surface area contributed by atoms with Crippen LogP contribution in [-0.2, 0) is 27.1 Å². The molecule has 1 aromatic rings. The van der Waals surface area contributed by atoms with Crippen LogP contribution in [0.1, 0.15) is 57.6 Å². The fraction of sp³-hybridized carbons (Fsp3) is 0.571. The van der Waals surface area contributed by atoms with E-state index in [0.717, 1.165) is 18.6 Å². The van der Waals surface area contributed by atoms with E-state index in [1.165, 1.54) is 19.1 Å². The zero-order valence-corrected chi connectivity index (χ0v) is 17.6. The number of hydrogen-bond acceptors (Lipinski definition) is 3. The molecule has 3 amide bonds. The fourth-order valence-electron chi connectivity index (χ4n) is 2.73. The van der Waals surface area contributed by atoms with Crippen LogP contribution >= 0.6 is 0 Å². The fourth-order valence-corrected chi connectivity index (χ4v) is 2.73. The summed E-state index contributed by atoms with van der Waals surface area (Å²) in [6, 6.07) is 3.92. The second-order valence-electron chi connectivity index (χ2n) is 7.27. The van der Waals surface area contributed by atoms with Crippen LogP contribution in [0.15, 0.2) is 24.3 Å². The number of benzene rings is 1. The van der Waals surface area contributed by atoms with Gasteiger partial charge >= 0.3 is 6.18 Å². The van der Waals surface area contributed by atoms with Crippen LogP contribution in [0.5, 0.6) is 0 Å². The Morgan fingerprint density at radius 3 is 2.37 bits per heavy atom. The van der Waals surface area contributed by atoms with Gasteiger partial charge in [-0.2, -0.15) is 13.2 Å². The molecule has 30 heavy (non-hydrogen) atoms. The van der Waals surface area contributed by atoms with Gasteiger partial charge in [0.1, 0.15) is 6.04 Å². The molecule has 168 valence electrons. The van der Waals surface area contributed by atoms with E-state index >= 15 is 0 Å². The molecule has 0 spiro atoms. The first-order chi connectivity index (χ1) is 14.0. The summed E-state index contributed by atoms with van der Waals surface area (Å²) >= 11 is 0. The average Bonchev–Trinajstić information content (AvgIpc) is 2.69. The highest BCUT2D eigenvalue weighted by molar-refractivity contribution is 5.86. The monoisotopic (exact) mass is 429 g/mol. The molecule has 0 aromatic heterocycles. The summed E-state index contributed by atoms with van der Waals surface area (Å²) in [7, 11) is 0. The summed E-state index contributed by atoms with van der Waals surface area (Å²) < 4.78 is 38.4. The molecule has 0 saturated heterocycles. The van der Waals surface area contributed by atoms with Crippen molar-refractivity contribution in [2.24, 2.45) is 5.92 Å². The van der Waals surface area contributed by atoms with E-state index in [2.05, 4.69) is 16.0 Å². The Labute approximate surface area is 175 Å². The number of rotatable bonds is 11. The number of unbranched alkanes of at least 4 members (excludes halogenated alkanes) is 1. The lowest BCUT2D eigenvalue weighted by Crippen LogP contribution is -2.45. The highest BCUT2D eigenvalue weighted by Crippen LogP contribution is 2.29. The number of halogens is 3. The third-order valence-electron chi connectivity index (χ3n) is 4.69. The van der Waals surface area contributed by atoms with Gasteiger partial charge in [-0.25, -0.2) is 0 Å². The molecular formula is C21H30F3N3O3. The third-order valence-corrected chi connectivity index (χ3v) is 4.69. The number of nitrogens with one attached hydrogen (secondary N) is 3. The summed E-state index contributed by atoms with van der Waals surface area (Å²) in [6.45, 7) is 5.46. The van der Waals surface area contributed by atoms with Crippen LogP contribution in [0.3, 0.4) is 0 Å². The summed E-state index contributed by atoms with van der Waals surface area (Å²) in [5.41, 5.74) is -0.473. The number of carbonyl (C=O) groups excluding carboxylic acids is 3. The van der Waals surface area contributed by atoms with Crippen LogP contribution in [0.2, 0.25) is 0 Å². The molecule has 0 radical (unpaired) electrons. The molecule has 9 heteroatoms. The van der Waals surface area contributed by atoms with Gasteiger partial charge in [-0.1, -0.05) is 26.0 Å². The maximum Gasteiger partial charge on any atom is 0.416 e. The number of alkyl halides is 3. The highest BCUT2D eigenvalue weighted by atomic mass is 19.4. The Bertz CT molecular complexity index is 723. The third kappa shape index (κ3) is 9.28. The molecular weight excluding hydrogens is 399 g/mol. The molecule has 1 aromatic carbocycles. The van der Waals surface area contributed by atoms with Crippen molar-refractivity contribution in [1.29, 1.82) is 0 Å². The van der Waals surface area contributed by atoms with Crippen molar-refractivity contribution >= 4 is 17.7 Å². The first-order valence-electron chi connectivity index (χ1n) is 10.0. The van der Waals surface area contributed by atoms with Gasteiger partial charge in [0.15, 0.2) is 0 Å². The molecule has 0 bridgehead atoms. The number of carbonyl (C=O) groups is 3. The van der Waals surface area contributed by atoms with Crippen LogP contribution in [-0.4, -0.2) is 30.3 Å². The molecule has 2 atom stereocenters. The lowest BCUT2D eigenvalue weighted by Gasteiger charge is -2.18. The molecule has 1 rings (SSSR count). The van der Waals surface area contributed by atoms with Gasteiger partial charge in [-0.15, -0.1) is 0 Å². The summed E-state index contributed by atoms with van der Waals surface area (Å²) in [6.07, 6.45) is -2.12. The second kappa shape index (κ2) is 12.2. The van der Waals surface area contributed by atoms with Crippen molar-refractivity contribution in [2.75, 3.05) is 6.54 Å². The minimum atomic E-state index is -4.46. The SMILES string of the molecule is CC[C@H](C)C(=O)NCCCCC(NC(C)=O)C(=O)NCc1cccc(C(F)(F)F)c1. The predicted molar refractivity (Wildman–Crippen MR) is 107 cm³/mol. The van der Waals surface area contributed by atoms with E-state index < -0.39 is 23.7 Å². The first-order valence-corrected chi connectivity index (χ1v) is 10.0. The van der Waals surface area contributed by atoms with Gasteiger partial charge in [0.05, 0.1) is 5.56 Å². The maximum absolute atomic E-state index is 12.8. The van der Waals surface area contributed by atoms with Gasteiger partial charge in [-0.05, 0) is 43.4 Å². The molecule has 0 heterocycles. The Hall–Kier alpha value is -2.58. The topological polar surface area (TPSA) is 87.3 Å². The van der Waals surface area contributed by atoms with E-state index in [-0.39, 0.29) is 24.3 Å². The Kier molecular flexibility index (Phi) is 10.3. The zero-order chi connectivity index (χ0) is 22.7. The van der Waals surface area contributed by atoms with Crippen molar-refractivity contribution in [1.82, 2.24) is 16.0 Å². The van der Waals surface area contributed by atoms with Gasteiger partial charge in [0.25, 0.3) is 0 Å². The lowest BCUT2D eigenvalue weighted by atomic mass is 10.1. The minimum Gasteiger partial charge on any atom is -0.356 e. The Balaban J connectivity index is 2.53. The number of hydrogen-bond donors (Lipinski definition) is 3. The van der Waals surface area contributed by atoms with Crippen LogP contribution in [0, 0.1) is 5.92 Å². The molecule has 3 N–H and O–H groups in total. The van der Waals surface area contributed by atoms with Crippen molar-refractivity contribution in [3.05, 3.63) is 35.4 Å². The van der Waals surface area contributed by atoms with Crippen LogP contribution < -0.4 is 16.0 Å². The molecule has 1 unspecified atom stereocenters. The maximum atomic E-state index is 12.8. The average molecular weight is 429 g/mol. The number of amides is 3. The van der Waals surface area contributed by atoms with Gasteiger partial charge in [0, 0.05) is 25.9 Å². The first kappa shape index (κ1) is 25.5. The largest absolute Gasteiger partial charge is 0.416 e. The van der Waals surface area contributed by atoms with Crippen LogP contribution in [0.4, 0.5) is 13.2 Å². The molecule has 6 nitrogen and oxygen atoms in total. The zero-order valence-electron chi connectivity index (χ0n) is 17.6. The van der Waals surface area contributed by atoms with Gasteiger partial charge in [0.2, 0.25) is 17.7 Å². The normalized spacial score (nSPS) is 13.3. The lowest BCUT2D eigenvalue weighted by molar-refractivity contribution is -0.137. The standard InChI is InChI=1S/C21H30F3N3O3/c1-4-14(2)19(29)25-11-6-5-10-18(27-15(3)28)20(30)26-13-16-8-7-9-17(12-16)21(22,23)24/h7-9,12,14,18H,4-6,10-11,13H2,1-3H3,(H,25,29)(H,26,30)(H,27,28)/t14-,18?/m0/s1. The Morgan fingerprint density at radius 1 is 1.07 bits per heavy atom. The van der Waals surface area contributed by atoms with Gasteiger partial charge < -0.3 is 16.0 Å². The van der Waals surface area contributed by atoms with Gasteiger partial charge in [-0.3, -0.25) is 14.4 Å². The quantitative estimate of drug-likeness (QED) is 0.472. The molecule has 0 fully saturated rings. The Morgan fingerprint density at radius 2 is 1.77 bits per heavy atom. The van der Waals surface area contributed by atoms with Crippen molar-refractivity contribution in [3.8, 4) is 0 Å². The molecule has 0 aliphatic rings. The van der Waals surface area contributed by atoms with Crippen LogP contribution in [0.25, 0.3) is 0 Å². The summed E-state index contributed by atoms with van der Waals surface area (Å²) in [5, 5.41) is 7.96. The minimum absolute atomic E-state index is 0.0188. The van der Waals surface area contributed by atoms with Crippen molar-refractivity contribution in [2.45, 2.75) is 65.2 Å². The molecule has 0 aliphatic heterocycles. The highest BCUT2D eigenvalue weighted by Gasteiger charge is 2.30. The van der Waals surface area contributed by atoms with E-state index in [0.29, 0.717) is 31.4 Å². The van der Waals surface area contributed by atoms with E-state index in [1.54, 1.807) is 0 Å². The molecule has 0 saturated carbocycles.